The Morgan fingerprint density at radius 2 is 1.83 bits per heavy atom. The van der Waals surface area contributed by atoms with Crippen molar-refractivity contribution < 1.29 is 4.79 Å². The summed E-state index contributed by atoms with van der Waals surface area (Å²) >= 11 is 1.52. The molecule has 3 rings (SSSR count). The van der Waals surface area contributed by atoms with Crippen molar-refractivity contribution >= 4 is 33.3 Å². The topological polar surface area (TPSA) is 49.3 Å². The summed E-state index contributed by atoms with van der Waals surface area (Å²) in [7, 11) is 0. The normalized spacial score (nSPS) is 15.5. The van der Waals surface area contributed by atoms with Gasteiger partial charge in [-0.1, -0.05) is 12.8 Å². The number of carbonyl (C=O) groups is 1. The Bertz CT molecular complexity index is 715. The van der Waals surface area contributed by atoms with Crippen molar-refractivity contribution in [1.82, 2.24) is 14.9 Å². The molecule has 0 N–H and O–H groups in total. The predicted octanol–water partition coefficient (Wildman–Crippen LogP) is 3.86. The summed E-state index contributed by atoms with van der Waals surface area (Å²) < 4.78 is 0. The lowest BCUT2D eigenvalue weighted by Gasteiger charge is -2.21. The van der Waals surface area contributed by atoms with Gasteiger partial charge >= 0.3 is 0 Å². The van der Waals surface area contributed by atoms with Crippen molar-refractivity contribution in [1.29, 1.82) is 0 Å². The number of hydrogen-bond acceptors (Lipinski definition) is 5. The Hall–Kier alpha value is -1.69. The Labute approximate surface area is 147 Å². The Morgan fingerprint density at radius 1 is 1.17 bits per heavy atom. The summed E-state index contributed by atoms with van der Waals surface area (Å²) in [5.41, 5.74) is 1.03. The van der Waals surface area contributed by atoms with Gasteiger partial charge in [0, 0.05) is 26.2 Å². The van der Waals surface area contributed by atoms with Gasteiger partial charge in [-0.25, -0.2) is 9.97 Å². The molecule has 5 nitrogen and oxygen atoms in total. The molecule has 0 unspecified atom stereocenters. The van der Waals surface area contributed by atoms with E-state index in [0.717, 1.165) is 65.5 Å². The van der Waals surface area contributed by atoms with Crippen LogP contribution in [0.4, 0.5) is 5.82 Å². The van der Waals surface area contributed by atoms with Gasteiger partial charge in [0.05, 0.1) is 10.3 Å². The number of nitrogens with zero attached hydrogens (tertiary/aromatic N) is 4. The van der Waals surface area contributed by atoms with Crippen LogP contribution in [0.15, 0.2) is 6.33 Å². The lowest BCUT2D eigenvalue weighted by Crippen LogP contribution is -2.31. The molecule has 1 aliphatic heterocycles. The van der Waals surface area contributed by atoms with E-state index >= 15 is 0 Å². The number of rotatable bonds is 4. The summed E-state index contributed by atoms with van der Waals surface area (Å²) in [6, 6.07) is 0. The number of carbonyl (C=O) groups excluding carboxylic acids is 1. The average Bonchev–Trinajstić information content (AvgIpc) is 2.78. The highest BCUT2D eigenvalue weighted by Gasteiger charge is 2.25. The van der Waals surface area contributed by atoms with Crippen molar-refractivity contribution in [3.63, 3.8) is 0 Å². The SMILES string of the molecule is CCN(CC)c1ncnc2sc(C(=O)N3CCCCCC3)c(C)c12. The molecule has 3 heterocycles. The van der Waals surface area contributed by atoms with Gasteiger partial charge in [-0.3, -0.25) is 4.79 Å². The first-order chi connectivity index (χ1) is 11.7. The molecular formula is C18H26N4OS. The first-order valence-electron chi connectivity index (χ1n) is 8.95. The van der Waals surface area contributed by atoms with Gasteiger partial charge in [-0.2, -0.15) is 0 Å². The molecule has 2 aromatic heterocycles. The zero-order valence-corrected chi connectivity index (χ0v) is 15.7. The molecule has 0 bridgehead atoms. The van der Waals surface area contributed by atoms with Crippen LogP contribution in [-0.2, 0) is 0 Å². The molecule has 130 valence electrons. The summed E-state index contributed by atoms with van der Waals surface area (Å²) in [5.74, 6) is 1.12. The highest BCUT2D eigenvalue weighted by atomic mass is 32.1. The van der Waals surface area contributed by atoms with Gasteiger partial charge in [0.15, 0.2) is 0 Å². The maximum atomic E-state index is 13.0. The van der Waals surface area contributed by atoms with Crippen LogP contribution in [-0.4, -0.2) is 47.0 Å². The zero-order valence-electron chi connectivity index (χ0n) is 14.8. The second-order valence-electron chi connectivity index (χ2n) is 6.31. The fourth-order valence-electron chi connectivity index (χ4n) is 3.44. The minimum atomic E-state index is 0.169. The van der Waals surface area contributed by atoms with Crippen molar-refractivity contribution in [2.75, 3.05) is 31.1 Å². The van der Waals surface area contributed by atoms with Crippen LogP contribution in [0.3, 0.4) is 0 Å². The number of aromatic nitrogens is 2. The molecule has 0 spiro atoms. The highest BCUT2D eigenvalue weighted by molar-refractivity contribution is 7.20. The Morgan fingerprint density at radius 3 is 2.46 bits per heavy atom. The Kier molecular flexibility index (Phi) is 5.33. The van der Waals surface area contributed by atoms with Gasteiger partial charge in [0.2, 0.25) is 0 Å². The third-order valence-corrected chi connectivity index (χ3v) is 6.05. The molecule has 0 atom stereocenters. The predicted molar refractivity (Wildman–Crippen MR) is 100 cm³/mol. The quantitative estimate of drug-likeness (QED) is 0.843. The van der Waals surface area contributed by atoms with E-state index in [-0.39, 0.29) is 5.91 Å². The van der Waals surface area contributed by atoms with E-state index in [1.807, 2.05) is 11.8 Å². The second kappa shape index (κ2) is 7.47. The fourth-order valence-corrected chi connectivity index (χ4v) is 4.55. The van der Waals surface area contributed by atoms with Gasteiger partial charge in [0.1, 0.15) is 17.0 Å². The summed E-state index contributed by atoms with van der Waals surface area (Å²) in [6.45, 7) is 9.84. The zero-order chi connectivity index (χ0) is 17.1. The van der Waals surface area contributed by atoms with Gasteiger partial charge < -0.3 is 9.80 Å². The standard InChI is InChI=1S/C18H26N4OS/c1-4-21(5-2)16-14-13(3)15(24-17(14)20-12-19-16)18(23)22-10-8-6-7-9-11-22/h12H,4-11H2,1-3H3. The molecular weight excluding hydrogens is 320 g/mol. The number of aryl methyl sites for hydroxylation is 1. The molecule has 0 radical (unpaired) electrons. The lowest BCUT2D eigenvalue weighted by atomic mass is 10.1. The van der Waals surface area contributed by atoms with E-state index in [1.165, 1.54) is 24.2 Å². The molecule has 0 aliphatic carbocycles. The third kappa shape index (κ3) is 3.11. The molecule has 0 aromatic carbocycles. The van der Waals surface area contributed by atoms with Crippen LogP contribution < -0.4 is 4.90 Å². The van der Waals surface area contributed by atoms with Gasteiger partial charge in [-0.05, 0) is 39.2 Å². The fraction of sp³-hybridized carbons (Fsp3) is 0.611. The van der Waals surface area contributed by atoms with Crippen molar-refractivity contribution in [3.05, 3.63) is 16.8 Å². The van der Waals surface area contributed by atoms with Crippen molar-refractivity contribution in [2.24, 2.45) is 0 Å². The van der Waals surface area contributed by atoms with Crippen LogP contribution in [0.2, 0.25) is 0 Å². The number of fused-ring (bicyclic) bond motifs is 1. The highest BCUT2D eigenvalue weighted by Crippen LogP contribution is 2.35. The molecule has 24 heavy (non-hydrogen) atoms. The average molecular weight is 347 g/mol. The lowest BCUT2D eigenvalue weighted by molar-refractivity contribution is 0.0766. The number of likely N-dealkylation sites (tertiary alicyclic amines) is 1. The monoisotopic (exact) mass is 346 g/mol. The van der Waals surface area contributed by atoms with Gasteiger partial charge in [0.25, 0.3) is 5.91 Å². The molecule has 1 amide bonds. The van der Waals surface area contributed by atoms with Crippen molar-refractivity contribution in [3.8, 4) is 0 Å². The van der Waals surface area contributed by atoms with Gasteiger partial charge in [-0.15, -0.1) is 11.3 Å². The van der Waals surface area contributed by atoms with E-state index in [4.69, 9.17) is 0 Å². The number of hydrogen-bond donors (Lipinski definition) is 0. The van der Waals surface area contributed by atoms with Crippen LogP contribution >= 0.6 is 11.3 Å². The first-order valence-corrected chi connectivity index (χ1v) is 9.77. The second-order valence-corrected chi connectivity index (χ2v) is 7.31. The molecule has 1 fully saturated rings. The summed E-state index contributed by atoms with van der Waals surface area (Å²) in [5, 5.41) is 1.05. The van der Waals surface area contributed by atoms with Crippen LogP contribution in [0.5, 0.6) is 0 Å². The van der Waals surface area contributed by atoms with Crippen LogP contribution in [0, 0.1) is 6.92 Å². The van der Waals surface area contributed by atoms with Crippen molar-refractivity contribution in [2.45, 2.75) is 46.5 Å². The van der Waals surface area contributed by atoms with E-state index in [0.29, 0.717) is 0 Å². The van der Waals surface area contributed by atoms with Crippen LogP contribution in [0.25, 0.3) is 10.2 Å². The number of anilines is 1. The van der Waals surface area contributed by atoms with E-state index < -0.39 is 0 Å². The molecule has 1 saturated heterocycles. The van der Waals surface area contributed by atoms with E-state index in [1.54, 1.807) is 6.33 Å². The molecule has 2 aromatic rings. The van der Waals surface area contributed by atoms with Crippen LogP contribution in [0.1, 0.15) is 54.8 Å². The van der Waals surface area contributed by atoms with E-state index in [2.05, 4.69) is 28.7 Å². The molecule has 1 aliphatic rings. The minimum Gasteiger partial charge on any atom is -0.357 e. The maximum absolute atomic E-state index is 13.0. The Balaban J connectivity index is 2.02. The maximum Gasteiger partial charge on any atom is 0.264 e. The number of amides is 1. The van der Waals surface area contributed by atoms with E-state index in [9.17, 15) is 4.79 Å². The minimum absolute atomic E-state index is 0.169. The third-order valence-electron chi connectivity index (χ3n) is 4.86. The molecule has 0 saturated carbocycles. The smallest absolute Gasteiger partial charge is 0.264 e. The largest absolute Gasteiger partial charge is 0.357 e. The summed E-state index contributed by atoms with van der Waals surface area (Å²) in [4.78, 5) is 28.0. The molecule has 6 heteroatoms. The first kappa shape index (κ1) is 17.1. The summed E-state index contributed by atoms with van der Waals surface area (Å²) in [6.07, 6.45) is 6.30. The number of thiophene rings is 1.